The molecule has 0 saturated heterocycles. The molecule has 0 aliphatic rings. The number of nitrogens with zero attached hydrogens (tertiary/aromatic N) is 1. The maximum absolute atomic E-state index is 5.73. The van der Waals surface area contributed by atoms with Crippen molar-refractivity contribution in [1.82, 2.24) is 10.7 Å². The zero-order valence-corrected chi connectivity index (χ0v) is 13.6. The van der Waals surface area contributed by atoms with Gasteiger partial charge in [-0.3, -0.25) is 5.43 Å². The zero-order valence-electron chi connectivity index (χ0n) is 12.8. The molecule has 0 fully saturated rings. The fourth-order valence-electron chi connectivity index (χ4n) is 1.54. The largest absolute Gasteiger partial charge is 0.490 e. The van der Waals surface area contributed by atoms with E-state index in [2.05, 4.69) is 22.8 Å². The van der Waals surface area contributed by atoms with Crippen molar-refractivity contribution in [3.8, 4) is 11.5 Å². The minimum absolute atomic E-state index is 0.468. The molecule has 1 aromatic carbocycles. The first-order valence-corrected chi connectivity index (χ1v) is 7.52. The van der Waals surface area contributed by atoms with Gasteiger partial charge in [0.1, 0.15) is 0 Å². The first-order chi connectivity index (χ1) is 10.2. The number of thiocarbonyl (C=S) groups is 1. The van der Waals surface area contributed by atoms with Gasteiger partial charge in [0.25, 0.3) is 0 Å². The molecule has 1 rings (SSSR count). The Bertz CT molecular complexity index is 478. The fraction of sp³-hybridized carbons (Fsp3) is 0.467. The van der Waals surface area contributed by atoms with E-state index >= 15 is 0 Å². The Balaban J connectivity index is 2.74. The standard InChI is InChI=1S/C15H23N3O2S/c1-4-6-9-20-13-8-7-12(10-14(13)19-5-2)11-17-18-15(21)16-3/h7-8,10-11H,4-6,9H2,1-3H3,(H2,16,18,21)/b17-11+. The van der Waals surface area contributed by atoms with Crippen LogP contribution in [0.1, 0.15) is 32.3 Å². The molecule has 0 aliphatic heterocycles. The number of hydrazone groups is 1. The lowest BCUT2D eigenvalue weighted by Gasteiger charge is -2.12. The monoisotopic (exact) mass is 309 g/mol. The summed E-state index contributed by atoms with van der Waals surface area (Å²) < 4.78 is 11.3. The number of hydrogen-bond donors (Lipinski definition) is 2. The Hall–Kier alpha value is -1.82. The van der Waals surface area contributed by atoms with Gasteiger partial charge in [0.2, 0.25) is 0 Å². The summed E-state index contributed by atoms with van der Waals surface area (Å²) in [5.41, 5.74) is 3.62. The Labute approximate surface area is 131 Å². The predicted molar refractivity (Wildman–Crippen MR) is 90.4 cm³/mol. The first kappa shape index (κ1) is 17.2. The van der Waals surface area contributed by atoms with Crippen molar-refractivity contribution < 1.29 is 9.47 Å². The average Bonchev–Trinajstić information content (AvgIpc) is 2.49. The lowest BCUT2D eigenvalue weighted by atomic mass is 10.2. The molecule has 0 bridgehead atoms. The number of hydrogen-bond acceptors (Lipinski definition) is 4. The van der Waals surface area contributed by atoms with E-state index in [1.807, 2.05) is 25.1 Å². The van der Waals surface area contributed by atoms with E-state index in [0.717, 1.165) is 29.9 Å². The van der Waals surface area contributed by atoms with E-state index in [9.17, 15) is 0 Å². The van der Waals surface area contributed by atoms with Crippen LogP contribution in [-0.2, 0) is 0 Å². The van der Waals surface area contributed by atoms with Gasteiger partial charge in [-0.2, -0.15) is 5.10 Å². The highest BCUT2D eigenvalue weighted by Gasteiger charge is 2.05. The molecule has 2 N–H and O–H groups in total. The Morgan fingerprint density at radius 3 is 2.76 bits per heavy atom. The van der Waals surface area contributed by atoms with Gasteiger partial charge in [0.15, 0.2) is 16.6 Å². The van der Waals surface area contributed by atoms with Crippen LogP contribution in [0.3, 0.4) is 0 Å². The lowest BCUT2D eigenvalue weighted by Crippen LogP contribution is -2.28. The van der Waals surface area contributed by atoms with Crippen molar-refractivity contribution in [3.63, 3.8) is 0 Å². The molecule has 21 heavy (non-hydrogen) atoms. The van der Waals surface area contributed by atoms with E-state index < -0.39 is 0 Å². The summed E-state index contributed by atoms with van der Waals surface area (Å²) in [6, 6.07) is 5.73. The van der Waals surface area contributed by atoms with Crippen LogP contribution in [0.2, 0.25) is 0 Å². The summed E-state index contributed by atoms with van der Waals surface area (Å²) in [6.07, 6.45) is 3.81. The van der Waals surface area contributed by atoms with Gasteiger partial charge in [0, 0.05) is 7.05 Å². The molecule has 0 aromatic heterocycles. The van der Waals surface area contributed by atoms with E-state index in [1.54, 1.807) is 13.3 Å². The minimum atomic E-state index is 0.468. The molecule has 0 saturated carbocycles. The van der Waals surface area contributed by atoms with Gasteiger partial charge in [-0.1, -0.05) is 13.3 Å². The van der Waals surface area contributed by atoms with Gasteiger partial charge in [0.05, 0.1) is 19.4 Å². The van der Waals surface area contributed by atoms with Gasteiger partial charge in [-0.15, -0.1) is 0 Å². The predicted octanol–water partition coefficient (Wildman–Crippen LogP) is 2.69. The summed E-state index contributed by atoms with van der Waals surface area (Å²) in [4.78, 5) is 0. The van der Waals surface area contributed by atoms with Gasteiger partial charge in [-0.25, -0.2) is 0 Å². The topological polar surface area (TPSA) is 54.9 Å². The van der Waals surface area contributed by atoms with Crippen LogP contribution in [0.15, 0.2) is 23.3 Å². The molecule has 116 valence electrons. The lowest BCUT2D eigenvalue weighted by molar-refractivity contribution is 0.272. The summed E-state index contributed by atoms with van der Waals surface area (Å²) >= 11 is 4.94. The number of ether oxygens (including phenoxy) is 2. The molecule has 0 spiro atoms. The second kappa shape index (κ2) is 9.99. The van der Waals surface area contributed by atoms with Crippen molar-refractivity contribution in [1.29, 1.82) is 0 Å². The molecule has 0 amide bonds. The third-order valence-corrected chi connectivity index (χ3v) is 2.93. The summed E-state index contributed by atoms with van der Waals surface area (Å²) in [5.74, 6) is 1.50. The van der Waals surface area contributed by atoms with Crippen LogP contribution >= 0.6 is 12.2 Å². The number of benzene rings is 1. The van der Waals surface area contributed by atoms with Crippen molar-refractivity contribution in [2.24, 2.45) is 5.10 Å². The summed E-state index contributed by atoms with van der Waals surface area (Å²) in [5, 5.41) is 7.29. The second-order valence-electron chi connectivity index (χ2n) is 4.29. The van der Waals surface area contributed by atoms with Gasteiger partial charge in [-0.05, 0) is 49.3 Å². The van der Waals surface area contributed by atoms with Crippen molar-refractivity contribution in [2.75, 3.05) is 20.3 Å². The Kier molecular flexibility index (Phi) is 8.19. The molecule has 0 unspecified atom stereocenters. The van der Waals surface area contributed by atoms with Crippen LogP contribution in [0.4, 0.5) is 0 Å². The van der Waals surface area contributed by atoms with Crippen LogP contribution in [0.25, 0.3) is 0 Å². The maximum Gasteiger partial charge on any atom is 0.186 e. The molecule has 6 heteroatoms. The summed E-state index contributed by atoms with van der Waals surface area (Å²) in [6.45, 7) is 5.37. The molecule has 0 aliphatic carbocycles. The quantitative estimate of drug-likeness (QED) is 0.335. The normalized spacial score (nSPS) is 10.4. The fourth-order valence-corrected chi connectivity index (χ4v) is 1.59. The smallest absolute Gasteiger partial charge is 0.186 e. The van der Waals surface area contributed by atoms with E-state index in [-0.39, 0.29) is 0 Å². The maximum atomic E-state index is 5.73. The van der Waals surface area contributed by atoms with Crippen LogP contribution in [0.5, 0.6) is 11.5 Å². The molecule has 0 radical (unpaired) electrons. The number of nitrogens with one attached hydrogen (secondary N) is 2. The van der Waals surface area contributed by atoms with E-state index in [4.69, 9.17) is 21.7 Å². The molecule has 1 aromatic rings. The van der Waals surface area contributed by atoms with Gasteiger partial charge < -0.3 is 14.8 Å². The highest BCUT2D eigenvalue weighted by atomic mass is 32.1. The van der Waals surface area contributed by atoms with E-state index in [0.29, 0.717) is 18.3 Å². The third-order valence-electron chi connectivity index (χ3n) is 2.63. The number of unbranched alkanes of at least 4 members (excludes halogenated alkanes) is 1. The number of rotatable bonds is 8. The SMILES string of the molecule is CCCCOc1ccc(/C=N/NC(=S)NC)cc1OCC. The Morgan fingerprint density at radius 1 is 1.29 bits per heavy atom. The third kappa shape index (κ3) is 6.44. The zero-order chi connectivity index (χ0) is 15.5. The van der Waals surface area contributed by atoms with Crippen molar-refractivity contribution in [3.05, 3.63) is 23.8 Å². The molecule has 0 heterocycles. The first-order valence-electron chi connectivity index (χ1n) is 7.11. The molecule has 5 nitrogen and oxygen atoms in total. The minimum Gasteiger partial charge on any atom is -0.490 e. The molecule has 0 atom stereocenters. The van der Waals surface area contributed by atoms with Crippen LogP contribution in [0, 0.1) is 0 Å². The Morgan fingerprint density at radius 2 is 2.10 bits per heavy atom. The summed E-state index contributed by atoms with van der Waals surface area (Å²) in [7, 11) is 1.74. The highest BCUT2D eigenvalue weighted by molar-refractivity contribution is 7.80. The second-order valence-corrected chi connectivity index (χ2v) is 4.70. The average molecular weight is 309 g/mol. The molecular weight excluding hydrogens is 286 g/mol. The molecular formula is C15H23N3O2S. The van der Waals surface area contributed by atoms with Crippen molar-refractivity contribution in [2.45, 2.75) is 26.7 Å². The van der Waals surface area contributed by atoms with E-state index in [1.165, 1.54) is 0 Å². The van der Waals surface area contributed by atoms with Crippen LogP contribution < -0.4 is 20.2 Å². The highest BCUT2D eigenvalue weighted by Crippen LogP contribution is 2.28. The van der Waals surface area contributed by atoms with Crippen LogP contribution in [-0.4, -0.2) is 31.6 Å². The van der Waals surface area contributed by atoms with Crippen molar-refractivity contribution >= 4 is 23.5 Å². The van der Waals surface area contributed by atoms with Gasteiger partial charge >= 0.3 is 0 Å².